The van der Waals surface area contributed by atoms with Gasteiger partial charge in [0.05, 0.1) is 17.1 Å². The van der Waals surface area contributed by atoms with Gasteiger partial charge in [0.25, 0.3) is 11.6 Å². The van der Waals surface area contributed by atoms with Crippen molar-refractivity contribution in [2.24, 2.45) is 0 Å². The van der Waals surface area contributed by atoms with E-state index in [4.69, 9.17) is 5.11 Å². The van der Waals surface area contributed by atoms with Crippen molar-refractivity contribution in [2.75, 3.05) is 19.0 Å². The summed E-state index contributed by atoms with van der Waals surface area (Å²) in [5, 5.41) is 24.9. The maximum Gasteiger partial charge on any atom is 0.270 e. The Balaban J connectivity index is 3.16. The van der Waals surface area contributed by atoms with Crippen LogP contribution in [0.5, 0.6) is 0 Å². The number of non-ortho nitro benzene ring substituents is 1. The zero-order valence-electron chi connectivity index (χ0n) is 10.1. The molecule has 3 N–H and O–H groups in total. The van der Waals surface area contributed by atoms with E-state index in [0.29, 0.717) is 5.69 Å². The van der Waals surface area contributed by atoms with Crippen LogP contribution in [-0.4, -0.2) is 35.6 Å². The van der Waals surface area contributed by atoms with Crippen LogP contribution in [0.15, 0.2) is 18.2 Å². The van der Waals surface area contributed by atoms with E-state index in [2.05, 4.69) is 10.6 Å². The molecule has 0 aliphatic carbocycles. The Kier molecular flexibility index (Phi) is 4.61. The summed E-state index contributed by atoms with van der Waals surface area (Å²) < 4.78 is 0. The van der Waals surface area contributed by atoms with Crippen LogP contribution in [0.1, 0.15) is 17.3 Å². The van der Waals surface area contributed by atoms with Gasteiger partial charge in [0, 0.05) is 30.9 Å². The van der Waals surface area contributed by atoms with Crippen molar-refractivity contribution in [1.29, 1.82) is 0 Å². The molecule has 1 amide bonds. The van der Waals surface area contributed by atoms with Gasteiger partial charge in [-0.15, -0.1) is 0 Å². The van der Waals surface area contributed by atoms with Gasteiger partial charge in [0.2, 0.25) is 0 Å². The number of rotatable bonds is 5. The summed E-state index contributed by atoms with van der Waals surface area (Å²) in [6.07, 6.45) is 0. The topological polar surface area (TPSA) is 104 Å². The Morgan fingerprint density at radius 1 is 1.56 bits per heavy atom. The van der Waals surface area contributed by atoms with Gasteiger partial charge in [-0.1, -0.05) is 0 Å². The molecule has 1 rings (SSSR count). The van der Waals surface area contributed by atoms with E-state index in [1.54, 1.807) is 6.92 Å². The molecule has 0 fully saturated rings. The Hall–Kier alpha value is -2.15. The molecule has 18 heavy (non-hydrogen) atoms. The lowest BCUT2D eigenvalue weighted by Crippen LogP contribution is -2.24. The summed E-state index contributed by atoms with van der Waals surface area (Å²) in [5.41, 5.74) is 0.462. The van der Waals surface area contributed by atoms with E-state index in [-0.39, 0.29) is 23.9 Å². The maximum absolute atomic E-state index is 11.6. The number of aliphatic hydroxyl groups is 1. The first-order valence-corrected chi connectivity index (χ1v) is 5.37. The summed E-state index contributed by atoms with van der Waals surface area (Å²) >= 11 is 0. The highest BCUT2D eigenvalue weighted by atomic mass is 16.6. The van der Waals surface area contributed by atoms with Crippen LogP contribution < -0.4 is 10.6 Å². The molecule has 1 aromatic rings. The minimum atomic E-state index is -0.564. The predicted octanol–water partition coefficient (Wildman–Crippen LogP) is 0.747. The molecule has 7 heteroatoms. The number of hydrogen-bond acceptors (Lipinski definition) is 5. The first-order valence-electron chi connectivity index (χ1n) is 5.37. The Bertz CT molecular complexity index is 462. The van der Waals surface area contributed by atoms with Gasteiger partial charge >= 0.3 is 0 Å². The van der Waals surface area contributed by atoms with Crippen molar-refractivity contribution in [3.63, 3.8) is 0 Å². The van der Waals surface area contributed by atoms with E-state index in [1.165, 1.54) is 25.2 Å². The minimum Gasteiger partial charge on any atom is -0.394 e. The Morgan fingerprint density at radius 2 is 2.22 bits per heavy atom. The molecular formula is C11H15N3O4. The van der Waals surface area contributed by atoms with E-state index in [1.807, 2.05) is 0 Å². The van der Waals surface area contributed by atoms with Crippen molar-refractivity contribution < 1.29 is 14.8 Å². The average Bonchev–Trinajstić information content (AvgIpc) is 2.37. The van der Waals surface area contributed by atoms with Crippen molar-refractivity contribution in [3.8, 4) is 0 Å². The number of carbonyl (C=O) groups is 1. The summed E-state index contributed by atoms with van der Waals surface area (Å²) in [4.78, 5) is 21.7. The van der Waals surface area contributed by atoms with Crippen molar-refractivity contribution in [2.45, 2.75) is 13.0 Å². The fourth-order valence-electron chi connectivity index (χ4n) is 1.41. The van der Waals surface area contributed by atoms with Crippen LogP contribution in [0.25, 0.3) is 0 Å². The van der Waals surface area contributed by atoms with Gasteiger partial charge in [0.15, 0.2) is 0 Å². The number of hydrogen-bond donors (Lipinski definition) is 3. The second-order valence-electron chi connectivity index (χ2n) is 3.79. The van der Waals surface area contributed by atoms with Crippen LogP contribution in [0.4, 0.5) is 11.4 Å². The number of nitro groups is 1. The highest BCUT2D eigenvalue weighted by Crippen LogP contribution is 2.22. The van der Waals surface area contributed by atoms with Crippen molar-refractivity contribution in [3.05, 3.63) is 33.9 Å². The van der Waals surface area contributed by atoms with Crippen LogP contribution >= 0.6 is 0 Å². The lowest BCUT2D eigenvalue weighted by Gasteiger charge is -2.15. The number of anilines is 1. The normalized spacial score (nSPS) is 11.7. The van der Waals surface area contributed by atoms with Crippen molar-refractivity contribution >= 4 is 17.3 Å². The molecule has 0 saturated heterocycles. The fourth-order valence-corrected chi connectivity index (χ4v) is 1.41. The van der Waals surface area contributed by atoms with Gasteiger partial charge in [-0.05, 0) is 13.0 Å². The smallest absolute Gasteiger partial charge is 0.270 e. The van der Waals surface area contributed by atoms with Gasteiger partial charge in [0.1, 0.15) is 0 Å². The second-order valence-corrected chi connectivity index (χ2v) is 3.79. The average molecular weight is 253 g/mol. The van der Waals surface area contributed by atoms with E-state index < -0.39 is 10.8 Å². The lowest BCUT2D eigenvalue weighted by atomic mass is 10.1. The molecule has 1 atom stereocenters. The number of nitro benzene ring substituents is 1. The van der Waals surface area contributed by atoms with Crippen LogP contribution in [0.3, 0.4) is 0 Å². The molecule has 0 aliphatic rings. The minimum absolute atomic E-state index is 0.107. The summed E-state index contributed by atoms with van der Waals surface area (Å²) in [6, 6.07) is 3.70. The molecule has 0 aliphatic heterocycles. The second kappa shape index (κ2) is 5.97. The molecule has 98 valence electrons. The quantitative estimate of drug-likeness (QED) is 0.530. The molecule has 7 nitrogen and oxygen atoms in total. The standard InChI is InChI=1S/C11H15N3O4/c1-7(6-15)13-10-4-3-8(14(17)18)5-9(10)11(16)12-2/h3-5,7,13,15H,6H2,1-2H3,(H,12,16)/t7-/m0/s1. The Morgan fingerprint density at radius 3 is 2.72 bits per heavy atom. The monoisotopic (exact) mass is 253 g/mol. The first kappa shape index (κ1) is 13.9. The van der Waals surface area contributed by atoms with E-state index in [0.717, 1.165) is 0 Å². The molecule has 0 radical (unpaired) electrons. The van der Waals surface area contributed by atoms with Crippen LogP contribution in [0, 0.1) is 10.1 Å². The SMILES string of the molecule is CNC(=O)c1cc([N+](=O)[O-])ccc1N[C@@H](C)CO. The molecule has 0 unspecified atom stereocenters. The lowest BCUT2D eigenvalue weighted by molar-refractivity contribution is -0.384. The van der Waals surface area contributed by atoms with Crippen LogP contribution in [-0.2, 0) is 0 Å². The van der Waals surface area contributed by atoms with Gasteiger partial charge in [-0.25, -0.2) is 0 Å². The first-order chi connectivity index (χ1) is 8.49. The number of nitrogens with zero attached hydrogens (tertiary/aromatic N) is 1. The van der Waals surface area contributed by atoms with Gasteiger partial charge in [-0.2, -0.15) is 0 Å². The van der Waals surface area contributed by atoms with Crippen LogP contribution in [0.2, 0.25) is 0 Å². The van der Waals surface area contributed by atoms with Crippen molar-refractivity contribution in [1.82, 2.24) is 5.32 Å². The fraction of sp³-hybridized carbons (Fsp3) is 0.364. The number of aliphatic hydroxyl groups excluding tert-OH is 1. The third kappa shape index (κ3) is 3.17. The molecule has 0 spiro atoms. The Labute approximate surface area is 104 Å². The molecule has 0 aromatic heterocycles. The highest BCUT2D eigenvalue weighted by molar-refractivity contribution is 6.00. The van der Waals surface area contributed by atoms with Gasteiger partial charge in [-0.3, -0.25) is 14.9 Å². The zero-order valence-corrected chi connectivity index (χ0v) is 10.1. The third-order valence-electron chi connectivity index (χ3n) is 2.36. The predicted molar refractivity (Wildman–Crippen MR) is 66.7 cm³/mol. The molecule has 0 bridgehead atoms. The molecule has 1 aromatic carbocycles. The molecule has 0 saturated carbocycles. The number of amides is 1. The number of benzene rings is 1. The summed E-state index contributed by atoms with van der Waals surface area (Å²) in [6.45, 7) is 1.62. The highest BCUT2D eigenvalue weighted by Gasteiger charge is 2.16. The maximum atomic E-state index is 11.6. The molecule has 0 heterocycles. The largest absolute Gasteiger partial charge is 0.394 e. The van der Waals surface area contributed by atoms with Gasteiger partial charge < -0.3 is 15.7 Å². The zero-order chi connectivity index (χ0) is 13.7. The number of nitrogens with one attached hydrogen (secondary N) is 2. The van der Waals surface area contributed by atoms with E-state index in [9.17, 15) is 14.9 Å². The number of carbonyl (C=O) groups excluding carboxylic acids is 1. The summed E-state index contributed by atoms with van der Waals surface area (Å²) in [7, 11) is 1.44. The van der Waals surface area contributed by atoms with E-state index >= 15 is 0 Å². The third-order valence-corrected chi connectivity index (χ3v) is 2.36. The molecular weight excluding hydrogens is 238 g/mol. The summed E-state index contributed by atoms with van der Waals surface area (Å²) in [5.74, 6) is -0.425.